The molecule has 2 aromatic rings. The summed E-state index contributed by atoms with van der Waals surface area (Å²) in [5.74, 6) is 1.55. The van der Waals surface area contributed by atoms with E-state index < -0.39 is 0 Å². The Balaban J connectivity index is 1.96. The number of nitrogens with zero attached hydrogens (tertiary/aromatic N) is 4. The molecule has 17 heavy (non-hydrogen) atoms. The summed E-state index contributed by atoms with van der Waals surface area (Å²) >= 11 is 1.72. The average Bonchev–Trinajstić information content (AvgIpc) is 2.90. The molecule has 3 heterocycles. The highest BCUT2D eigenvalue weighted by molar-refractivity contribution is 8.02. The minimum Gasteiger partial charge on any atom is -0.298 e. The van der Waals surface area contributed by atoms with Crippen molar-refractivity contribution in [2.24, 2.45) is 0 Å². The van der Waals surface area contributed by atoms with Gasteiger partial charge in [0.25, 0.3) is 0 Å². The molecule has 3 rings (SSSR count). The van der Waals surface area contributed by atoms with Crippen molar-refractivity contribution in [1.29, 1.82) is 0 Å². The number of hydrogen-bond donors (Lipinski definition) is 0. The van der Waals surface area contributed by atoms with Gasteiger partial charge in [0, 0.05) is 18.6 Å². The Labute approximate surface area is 103 Å². The van der Waals surface area contributed by atoms with E-state index in [1.165, 1.54) is 0 Å². The van der Waals surface area contributed by atoms with Gasteiger partial charge in [0.2, 0.25) is 5.95 Å². The predicted octanol–water partition coefficient (Wildman–Crippen LogP) is 2.38. The van der Waals surface area contributed by atoms with Crippen molar-refractivity contribution in [3.8, 4) is 0 Å². The molecule has 1 aliphatic rings. The molecule has 2 aromatic heterocycles. The van der Waals surface area contributed by atoms with Crippen molar-refractivity contribution in [3.63, 3.8) is 0 Å². The molecule has 0 spiro atoms. The minimum absolute atomic E-state index is 0.717. The number of hydrogen-bond acceptors (Lipinski definition) is 5. The molecule has 84 valence electrons. The number of thioether (sulfide) groups is 1. The van der Waals surface area contributed by atoms with E-state index in [1.807, 2.05) is 24.3 Å². The fourth-order valence-corrected chi connectivity index (χ4v) is 2.52. The second-order valence-electron chi connectivity index (χ2n) is 3.49. The summed E-state index contributed by atoms with van der Waals surface area (Å²) in [6.07, 6.45) is 5.30. The van der Waals surface area contributed by atoms with Crippen LogP contribution in [0.1, 0.15) is 5.69 Å². The Morgan fingerprint density at radius 2 is 1.82 bits per heavy atom. The Kier molecular flexibility index (Phi) is 2.75. The second-order valence-corrected chi connectivity index (χ2v) is 4.32. The molecular weight excluding hydrogens is 232 g/mol. The Hall–Kier alpha value is -1.88. The van der Waals surface area contributed by atoms with Gasteiger partial charge in [-0.25, -0.2) is 9.97 Å². The van der Waals surface area contributed by atoms with Gasteiger partial charge < -0.3 is 0 Å². The summed E-state index contributed by atoms with van der Waals surface area (Å²) < 4.78 is 0. The van der Waals surface area contributed by atoms with Crippen molar-refractivity contribution in [1.82, 2.24) is 15.0 Å². The summed E-state index contributed by atoms with van der Waals surface area (Å²) in [6.45, 7) is 0. The van der Waals surface area contributed by atoms with E-state index in [2.05, 4.69) is 25.3 Å². The normalized spacial score (nSPS) is 14.8. The third-order valence-corrected chi connectivity index (χ3v) is 3.21. The van der Waals surface area contributed by atoms with Crippen LogP contribution in [0.5, 0.6) is 0 Å². The maximum absolute atomic E-state index is 4.36. The Morgan fingerprint density at radius 1 is 1.00 bits per heavy atom. The third-order valence-electron chi connectivity index (χ3n) is 2.41. The maximum atomic E-state index is 4.36. The first kappa shape index (κ1) is 10.3. The molecule has 1 aliphatic heterocycles. The van der Waals surface area contributed by atoms with Crippen LogP contribution in [0, 0.1) is 0 Å². The lowest BCUT2D eigenvalue weighted by atomic mass is 10.3. The zero-order valence-electron chi connectivity index (χ0n) is 9.02. The number of rotatable bonds is 2. The third kappa shape index (κ3) is 2.01. The first-order valence-corrected chi connectivity index (χ1v) is 6.28. The molecule has 0 fully saturated rings. The standard InChI is InChI=1S/C12H10N4S/c1-2-5-13-10(4-1)11-8-17-9-16(11)12-14-6-3-7-15-12/h1-8H,9H2. The quantitative estimate of drug-likeness (QED) is 0.808. The van der Waals surface area contributed by atoms with Crippen molar-refractivity contribution < 1.29 is 0 Å². The number of anilines is 1. The van der Waals surface area contributed by atoms with Gasteiger partial charge in [-0.1, -0.05) is 6.07 Å². The van der Waals surface area contributed by atoms with Crippen molar-refractivity contribution in [3.05, 3.63) is 54.0 Å². The molecule has 4 nitrogen and oxygen atoms in total. The fourth-order valence-electron chi connectivity index (χ4n) is 1.63. The molecule has 0 saturated carbocycles. The Morgan fingerprint density at radius 3 is 2.59 bits per heavy atom. The second kappa shape index (κ2) is 4.55. The SMILES string of the molecule is C1=C(c2ccccn2)N(c2ncccn2)CS1. The summed E-state index contributed by atoms with van der Waals surface area (Å²) in [5.41, 5.74) is 2.01. The lowest BCUT2D eigenvalue weighted by molar-refractivity contribution is 1.03. The lowest BCUT2D eigenvalue weighted by Crippen LogP contribution is -2.19. The first-order chi connectivity index (χ1) is 8.45. The topological polar surface area (TPSA) is 41.9 Å². The van der Waals surface area contributed by atoms with E-state index in [4.69, 9.17) is 0 Å². The van der Waals surface area contributed by atoms with Crippen LogP contribution in [0.4, 0.5) is 5.95 Å². The van der Waals surface area contributed by atoms with Gasteiger partial charge in [-0.05, 0) is 23.6 Å². The number of aromatic nitrogens is 3. The predicted molar refractivity (Wildman–Crippen MR) is 69.2 cm³/mol. The van der Waals surface area contributed by atoms with Gasteiger partial charge in [-0.2, -0.15) is 0 Å². The van der Waals surface area contributed by atoms with E-state index in [0.717, 1.165) is 23.2 Å². The molecule has 0 unspecified atom stereocenters. The van der Waals surface area contributed by atoms with E-state index in [-0.39, 0.29) is 0 Å². The van der Waals surface area contributed by atoms with Crippen LogP contribution >= 0.6 is 11.8 Å². The summed E-state index contributed by atoms with van der Waals surface area (Å²) in [4.78, 5) is 15.0. The van der Waals surface area contributed by atoms with Crippen molar-refractivity contribution in [2.45, 2.75) is 0 Å². The molecular formula is C12H10N4S. The van der Waals surface area contributed by atoms with Gasteiger partial charge in [-0.3, -0.25) is 9.88 Å². The molecule has 5 heteroatoms. The van der Waals surface area contributed by atoms with Gasteiger partial charge in [0.05, 0.1) is 17.3 Å². The largest absolute Gasteiger partial charge is 0.298 e. The van der Waals surface area contributed by atoms with Crippen LogP contribution in [0.15, 0.2) is 48.3 Å². The summed E-state index contributed by atoms with van der Waals surface area (Å²) in [5, 5.41) is 2.10. The van der Waals surface area contributed by atoms with Gasteiger partial charge in [-0.15, -0.1) is 11.8 Å². The fraction of sp³-hybridized carbons (Fsp3) is 0.0833. The summed E-state index contributed by atoms with van der Waals surface area (Å²) in [7, 11) is 0. The molecule has 0 bridgehead atoms. The zero-order valence-corrected chi connectivity index (χ0v) is 9.84. The minimum atomic E-state index is 0.717. The van der Waals surface area contributed by atoms with Crippen LogP contribution in [0.25, 0.3) is 5.70 Å². The average molecular weight is 242 g/mol. The molecule has 0 N–H and O–H groups in total. The van der Waals surface area contributed by atoms with Crippen molar-refractivity contribution >= 4 is 23.4 Å². The Bertz CT molecular complexity index is 527. The molecule has 0 aromatic carbocycles. The monoisotopic (exact) mass is 242 g/mol. The smallest absolute Gasteiger partial charge is 0.230 e. The highest BCUT2D eigenvalue weighted by atomic mass is 32.2. The van der Waals surface area contributed by atoms with E-state index in [1.54, 1.807) is 30.4 Å². The van der Waals surface area contributed by atoms with Crippen LogP contribution in [0.3, 0.4) is 0 Å². The zero-order chi connectivity index (χ0) is 11.5. The van der Waals surface area contributed by atoms with Crippen molar-refractivity contribution in [2.75, 3.05) is 10.8 Å². The van der Waals surface area contributed by atoms with Gasteiger partial charge in [0.15, 0.2) is 0 Å². The van der Waals surface area contributed by atoms with Crippen LogP contribution in [-0.2, 0) is 0 Å². The van der Waals surface area contributed by atoms with Crippen LogP contribution < -0.4 is 4.90 Å². The van der Waals surface area contributed by atoms with Crippen LogP contribution in [0.2, 0.25) is 0 Å². The molecule has 0 amide bonds. The lowest BCUT2D eigenvalue weighted by Gasteiger charge is -2.18. The molecule has 0 aliphatic carbocycles. The summed E-state index contributed by atoms with van der Waals surface area (Å²) in [6, 6.07) is 7.70. The maximum Gasteiger partial charge on any atom is 0.230 e. The molecule has 0 saturated heterocycles. The molecule has 0 radical (unpaired) electrons. The number of pyridine rings is 1. The molecule has 0 atom stereocenters. The van der Waals surface area contributed by atoms with E-state index in [0.29, 0.717) is 0 Å². The van der Waals surface area contributed by atoms with Gasteiger partial charge >= 0.3 is 0 Å². The highest BCUT2D eigenvalue weighted by Crippen LogP contribution is 2.32. The van der Waals surface area contributed by atoms with E-state index >= 15 is 0 Å². The van der Waals surface area contributed by atoms with Crippen LogP contribution in [-0.4, -0.2) is 20.8 Å². The van der Waals surface area contributed by atoms with Gasteiger partial charge in [0.1, 0.15) is 0 Å². The first-order valence-electron chi connectivity index (χ1n) is 5.23. The highest BCUT2D eigenvalue weighted by Gasteiger charge is 2.21. The van der Waals surface area contributed by atoms with E-state index in [9.17, 15) is 0 Å².